The minimum Gasteiger partial charge on any atom is -0.417 e. The number of aromatic nitrogens is 4. The van der Waals surface area contributed by atoms with E-state index in [9.17, 15) is 4.79 Å². The van der Waals surface area contributed by atoms with E-state index < -0.39 is 8.32 Å². The van der Waals surface area contributed by atoms with Gasteiger partial charge in [0.15, 0.2) is 8.32 Å². The third-order valence-electron chi connectivity index (χ3n) is 8.38. The van der Waals surface area contributed by atoms with Gasteiger partial charge in [-0.3, -0.25) is 14.1 Å². The molecule has 1 fully saturated rings. The molecule has 8 heteroatoms. The number of hydrogen-bond acceptors (Lipinski definition) is 3. The smallest absolute Gasteiger partial charge is 0.330 e. The van der Waals surface area contributed by atoms with Crippen molar-refractivity contribution in [3.63, 3.8) is 0 Å². The summed E-state index contributed by atoms with van der Waals surface area (Å²) in [7, 11) is -1.75. The van der Waals surface area contributed by atoms with Gasteiger partial charge in [0.05, 0.1) is 23.3 Å². The summed E-state index contributed by atoms with van der Waals surface area (Å²) in [5, 5.41) is 2.04. The third kappa shape index (κ3) is 4.93. The van der Waals surface area contributed by atoms with E-state index >= 15 is 0 Å². The van der Waals surface area contributed by atoms with Gasteiger partial charge in [0.2, 0.25) is 0 Å². The minimum absolute atomic E-state index is 0.0515. The highest BCUT2D eigenvalue weighted by Crippen LogP contribution is 2.38. The van der Waals surface area contributed by atoms with Crippen molar-refractivity contribution < 1.29 is 4.43 Å². The summed E-state index contributed by atoms with van der Waals surface area (Å²) in [4.78, 5) is 18.1. The molecule has 5 rings (SSSR count). The average Bonchev–Trinajstić information content (AvgIpc) is 3.53. The van der Waals surface area contributed by atoms with E-state index in [1.165, 1.54) is 0 Å². The van der Waals surface area contributed by atoms with E-state index in [1.807, 2.05) is 33.5 Å². The van der Waals surface area contributed by atoms with Crippen molar-refractivity contribution in [2.75, 3.05) is 6.61 Å². The summed E-state index contributed by atoms with van der Waals surface area (Å²) in [5.41, 5.74) is 4.18. The second-order valence-corrected chi connectivity index (χ2v) is 17.3. The van der Waals surface area contributed by atoms with Crippen molar-refractivity contribution in [2.24, 2.45) is 0 Å². The van der Waals surface area contributed by atoms with E-state index in [0.29, 0.717) is 6.04 Å². The van der Waals surface area contributed by atoms with Gasteiger partial charge in [0.25, 0.3) is 0 Å². The number of aryl methyl sites for hydroxylation is 1. The maximum atomic E-state index is 13.7. The van der Waals surface area contributed by atoms with Gasteiger partial charge in [-0.2, -0.15) is 0 Å². The first kappa shape index (κ1) is 26.3. The Morgan fingerprint density at radius 1 is 1.11 bits per heavy atom. The summed E-state index contributed by atoms with van der Waals surface area (Å²) >= 11 is 6.36. The van der Waals surface area contributed by atoms with E-state index in [0.717, 1.165) is 71.5 Å². The second kappa shape index (κ2) is 9.75. The van der Waals surface area contributed by atoms with Crippen molar-refractivity contribution in [2.45, 2.75) is 90.1 Å². The fourth-order valence-corrected chi connectivity index (χ4v) is 6.33. The van der Waals surface area contributed by atoms with Crippen molar-refractivity contribution in [3.05, 3.63) is 63.9 Å². The Morgan fingerprint density at radius 3 is 2.57 bits per heavy atom. The lowest BCUT2D eigenvalue weighted by Gasteiger charge is -2.36. The number of fused-ring (bicyclic) bond motifs is 2. The Hall–Kier alpha value is -2.35. The predicted molar refractivity (Wildman–Crippen MR) is 155 cm³/mol. The van der Waals surface area contributed by atoms with Gasteiger partial charge in [0, 0.05) is 47.0 Å². The zero-order valence-corrected chi connectivity index (χ0v) is 24.7. The van der Waals surface area contributed by atoms with Crippen LogP contribution < -0.4 is 5.69 Å². The van der Waals surface area contributed by atoms with Crippen LogP contribution >= 0.6 is 11.6 Å². The molecule has 0 radical (unpaired) electrons. The number of nitrogens with zero attached hydrogens (tertiary/aromatic N) is 4. The molecule has 1 aromatic carbocycles. The fraction of sp³-hybridized carbons (Fsp3) is 0.517. The molecule has 1 saturated carbocycles. The maximum absolute atomic E-state index is 13.7. The van der Waals surface area contributed by atoms with Crippen LogP contribution in [0.2, 0.25) is 23.2 Å². The molecule has 0 N–H and O–H groups in total. The molecule has 0 saturated heterocycles. The quantitative estimate of drug-likeness (QED) is 0.163. The summed E-state index contributed by atoms with van der Waals surface area (Å²) < 4.78 is 12.7. The van der Waals surface area contributed by atoms with E-state index in [1.54, 1.807) is 6.20 Å². The molecule has 1 aliphatic rings. The third-order valence-corrected chi connectivity index (χ3v) is 13.2. The van der Waals surface area contributed by atoms with E-state index in [-0.39, 0.29) is 16.8 Å². The summed E-state index contributed by atoms with van der Waals surface area (Å²) in [6.45, 7) is 15.2. The molecule has 3 heterocycles. The summed E-state index contributed by atoms with van der Waals surface area (Å²) in [6, 6.07) is 10.4. The average molecular weight is 539 g/mol. The number of imidazole rings is 1. The zero-order valence-electron chi connectivity index (χ0n) is 22.9. The van der Waals surface area contributed by atoms with Gasteiger partial charge in [-0.25, -0.2) is 4.79 Å². The summed E-state index contributed by atoms with van der Waals surface area (Å²) in [6.07, 6.45) is 7.73. The molecule has 1 unspecified atom stereocenters. The van der Waals surface area contributed by atoms with Crippen LogP contribution in [0.3, 0.4) is 0 Å². The van der Waals surface area contributed by atoms with E-state index in [4.69, 9.17) is 16.0 Å². The van der Waals surface area contributed by atoms with Crippen molar-refractivity contribution in [1.82, 2.24) is 18.7 Å². The predicted octanol–water partition coefficient (Wildman–Crippen LogP) is 7.55. The number of hydrogen-bond donors (Lipinski definition) is 0. The number of benzene rings is 1. The van der Waals surface area contributed by atoms with Crippen LogP contribution in [0.25, 0.3) is 21.9 Å². The van der Waals surface area contributed by atoms with Crippen LogP contribution in [0, 0.1) is 0 Å². The molecule has 4 aromatic rings. The Bertz CT molecular complexity index is 1490. The molecule has 1 atom stereocenters. The highest BCUT2D eigenvalue weighted by Gasteiger charge is 2.37. The lowest BCUT2D eigenvalue weighted by atomic mass is 10.2. The fourth-order valence-electron chi connectivity index (χ4n) is 5.06. The number of halogens is 1. The minimum atomic E-state index is -1.75. The van der Waals surface area contributed by atoms with E-state index in [2.05, 4.69) is 62.5 Å². The first-order valence-electron chi connectivity index (χ1n) is 13.5. The first-order chi connectivity index (χ1) is 17.5. The van der Waals surface area contributed by atoms with Gasteiger partial charge >= 0.3 is 5.69 Å². The Labute approximate surface area is 225 Å². The van der Waals surface area contributed by atoms with Crippen LogP contribution in [0.4, 0.5) is 0 Å². The topological polar surface area (TPSA) is 54.0 Å². The zero-order chi connectivity index (χ0) is 26.5. The van der Waals surface area contributed by atoms with Crippen LogP contribution in [0.5, 0.6) is 0 Å². The molecule has 3 aromatic heterocycles. The summed E-state index contributed by atoms with van der Waals surface area (Å²) in [5.74, 6) is 0. The van der Waals surface area contributed by atoms with Crippen LogP contribution in [0.15, 0.2) is 47.5 Å². The standard InChI is InChI=1S/C29H39ClN4O2Si/c1-20(33-27-19-31-14-13-25(27)34(28(33)35)23-10-11-23)26-18-21-17-22(30)9-12-24(21)32(26)15-7-8-16-36-37(5,6)29(2,3)4/h9,12-14,17-20,23H,7-8,10-11,15-16H2,1-6H3. The molecule has 0 bridgehead atoms. The first-order valence-corrected chi connectivity index (χ1v) is 16.8. The molecule has 6 nitrogen and oxygen atoms in total. The normalized spacial score (nSPS) is 15.6. The van der Waals surface area contributed by atoms with Gasteiger partial charge in [0.1, 0.15) is 0 Å². The molecule has 0 amide bonds. The van der Waals surface area contributed by atoms with Crippen LogP contribution in [-0.4, -0.2) is 33.6 Å². The SMILES string of the molecule is CC(c1cc2cc(Cl)ccc2n1CCCCO[Si](C)(C)C(C)(C)C)n1c(=O)n(C2CC2)c2ccncc21. The molecule has 1 aliphatic carbocycles. The van der Waals surface area contributed by atoms with Gasteiger partial charge < -0.3 is 8.99 Å². The lowest BCUT2D eigenvalue weighted by Crippen LogP contribution is -2.40. The Balaban J connectivity index is 1.46. The molecular formula is C29H39ClN4O2Si. The Kier molecular flexibility index (Phi) is 6.92. The second-order valence-electron chi connectivity index (χ2n) is 12.0. The van der Waals surface area contributed by atoms with Gasteiger partial charge in [-0.05, 0) is 81.1 Å². The highest BCUT2D eigenvalue weighted by atomic mass is 35.5. The van der Waals surface area contributed by atoms with Crippen molar-refractivity contribution in [1.29, 1.82) is 0 Å². The van der Waals surface area contributed by atoms with Crippen molar-refractivity contribution in [3.8, 4) is 0 Å². The monoisotopic (exact) mass is 538 g/mol. The van der Waals surface area contributed by atoms with Crippen molar-refractivity contribution >= 4 is 41.9 Å². The molecular weight excluding hydrogens is 500 g/mol. The number of unbranched alkanes of at least 4 members (excludes halogenated alkanes) is 1. The largest absolute Gasteiger partial charge is 0.417 e. The number of pyridine rings is 1. The maximum Gasteiger partial charge on any atom is 0.330 e. The molecule has 37 heavy (non-hydrogen) atoms. The van der Waals surface area contributed by atoms with Crippen LogP contribution in [0.1, 0.15) is 71.2 Å². The lowest BCUT2D eigenvalue weighted by molar-refractivity contribution is 0.276. The highest BCUT2D eigenvalue weighted by molar-refractivity contribution is 6.74. The number of rotatable bonds is 9. The Morgan fingerprint density at radius 2 is 1.86 bits per heavy atom. The van der Waals surface area contributed by atoms with Crippen LogP contribution in [-0.2, 0) is 11.0 Å². The van der Waals surface area contributed by atoms with Gasteiger partial charge in [-0.1, -0.05) is 32.4 Å². The molecule has 0 aliphatic heterocycles. The molecule has 0 spiro atoms. The molecule has 198 valence electrons. The van der Waals surface area contributed by atoms with Gasteiger partial charge in [-0.15, -0.1) is 0 Å².